The van der Waals surface area contributed by atoms with Crippen LogP contribution >= 0.6 is 0 Å². The molecule has 0 saturated heterocycles. The molecule has 0 fully saturated rings. The minimum absolute atomic E-state index is 0. The smallest absolute Gasteiger partial charge is 0.243 e. The zero-order chi connectivity index (χ0) is 53.3. The van der Waals surface area contributed by atoms with Crippen LogP contribution in [0.4, 0.5) is 11.4 Å². The molecule has 2 aromatic heterocycles. The molecule has 2 unspecified atom stereocenters. The van der Waals surface area contributed by atoms with Crippen molar-refractivity contribution < 1.29 is 37.2 Å². The molecule has 0 N–H and O–H groups in total. The number of anilines is 1. The van der Waals surface area contributed by atoms with Crippen LogP contribution in [0.3, 0.4) is 0 Å². The molecule has 6 heteroatoms. The predicted molar refractivity (Wildman–Crippen MR) is 293 cm³/mol. The van der Waals surface area contributed by atoms with Gasteiger partial charge < -0.3 is 18.8 Å². The van der Waals surface area contributed by atoms with E-state index in [4.69, 9.17) is 13.8 Å². The maximum absolute atomic E-state index is 9.41. The fourth-order valence-electron chi connectivity index (χ4n) is 10.8. The van der Waals surface area contributed by atoms with Crippen molar-refractivity contribution in [3.05, 3.63) is 216 Å². The maximum Gasteiger partial charge on any atom is 0.243 e. The number of ether oxygens (including phenoxy) is 1. The summed E-state index contributed by atoms with van der Waals surface area (Å²) in [6, 6.07) is 46.9. The Morgan fingerprint density at radius 2 is 1.38 bits per heavy atom. The first-order valence-electron chi connectivity index (χ1n) is 27.0. The maximum atomic E-state index is 9.41. The van der Waals surface area contributed by atoms with E-state index in [0.717, 1.165) is 66.7 Å². The molecule has 0 spiro atoms. The van der Waals surface area contributed by atoms with E-state index in [2.05, 4.69) is 187 Å². The molecule has 3 aliphatic rings. The second-order valence-corrected chi connectivity index (χ2v) is 22.1. The first-order chi connectivity index (χ1) is 36.2. The van der Waals surface area contributed by atoms with E-state index in [9.17, 15) is 2.74 Å². The Kier molecular flexibility index (Phi) is 10.2. The predicted octanol–water partition coefficient (Wildman–Crippen LogP) is 16.5. The number of pyridine rings is 1. The number of rotatable bonds is 5. The molecular formula is C66H58N4OPt-2. The van der Waals surface area contributed by atoms with Gasteiger partial charge in [0.15, 0.2) is 0 Å². The molecule has 2 atom stereocenters. The van der Waals surface area contributed by atoms with E-state index >= 15 is 0 Å². The van der Waals surface area contributed by atoms with Crippen LogP contribution in [-0.4, -0.2) is 26.5 Å². The molecule has 9 aromatic rings. The fourth-order valence-corrected chi connectivity index (χ4v) is 10.8. The molecule has 2 aliphatic heterocycles. The van der Waals surface area contributed by atoms with Crippen molar-refractivity contribution in [1.29, 1.82) is 0 Å². The van der Waals surface area contributed by atoms with Crippen molar-refractivity contribution in [2.75, 3.05) is 4.90 Å². The van der Waals surface area contributed by atoms with Gasteiger partial charge >= 0.3 is 0 Å². The Hall–Kier alpha value is -7.07. The Bertz CT molecular complexity index is 3990. The van der Waals surface area contributed by atoms with Gasteiger partial charge in [-0.1, -0.05) is 195 Å². The Balaban J connectivity index is 0.00000631. The zero-order valence-electron chi connectivity index (χ0n) is 47.0. The van der Waals surface area contributed by atoms with Crippen molar-refractivity contribution in [2.24, 2.45) is 0 Å². The number of para-hydroxylation sites is 2. The molecule has 0 amide bonds. The molecule has 4 heterocycles. The van der Waals surface area contributed by atoms with Crippen LogP contribution in [0.15, 0.2) is 182 Å². The summed E-state index contributed by atoms with van der Waals surface area (Å²) in [5, 5.41) is 2.13. The summed E-state index contributed by atoms with van der Waals surface area (Å²) in [4.78, 5) is 6.91. The molecule has 360 valence electrons. The van der Waals surface area contributed by atoms with Crippen molar-refractivity contribution in [2.45, 2.75) is 90.5 Å². The van der Waals surface area contributed by atoms with Crippen LogP contribution in [0, 0.1) is 12.1 Å². The van der Waals surface area contributed by atoms with Crippen LogP contribution in [0.5, 0.6) is 11.5 Å². The van der Waals surface area contributed by atoms with E-state index in [0.29, 0.717) is 28.4 Å². The first kappa shape index (κ1) is 41.5. The number of benzene rings is 7. The van der Waals surface area contributed by atoms with Gasteiger partial charge in [-0.2, -0.15) is 18.2 Å². The number of hydrogen-bond acceptors (Lipinski definition) is 3. The summed E-state index contributed by atoms with van der Waals surface area (Å²) in [7, 11) is 0. The van der Waals surface area contributed by atoms with Gasteiger partial charge in [-0.15, -0.1) is 29.7 Å². The second-order valence-electron chi connectivity index (χ2n) is 22.1. The van der Waals surface area contributed by atoms with E-state index in [1.807, 2.05) is 53.6 Å². The molecule has 12 rings (SSSR count). The molecule has 72 heavy (non-hydrogen) atoms. The molecular weight excluding hydrogens is 1060 g/mol. The van der Waals surface area contributed by atoms with Crippen molar-refractivity contribution in [1.82, 2.24) is 9.55 Å². The van der Waals surface area contributed by atoms with E-state index in [1.165, 1.54) is 11.1 Å². The van der Waals surface area contributed by atoms with Gasteiger partial charge in [0.05, 0.1) is 18.2 Å². The van der Waals surface area contributed by atoms with Crippen molar-refractivity contribution in [3.63, 3.8) is 0 Å². The summed E-state index contributed by atoms with van der Waals surface area (Å²) in [6.45, 7) is 20.1. The number of nitrogens with zero attached hydrogens (tertiary/aromatic N) is 4. The number of aromatic nitrogens is 2. The standard InChI is InChI=1S/C66H58N4O.Pt/c1-64(2,3)43-34-35-67-60(38-43)70-57-30-16-15-25-50(57)51-33-32-47(40-59(51)70)71-46-23-17-22-45(39-46)68-41-69-62-48(42-20-11-10-12-21-42)27-18-28-54(62)55-36-44(65(4,5)6)37-56(66(7,8)9)61(55)52-26-14-13-24-49(52)53-29-19-31-58(68)63(53)69;/h10-38,53,63H,1-9H3;/q-2;/i10D,11D,12D,20D,21D;. The minimum atomic E-state index is -0.437. The largest absolute Gasteiger partial charge is 0.510 e. The van der Waals surface area contributed by atoms with Gasteiger partial charge in [-0.25, -0.2) is 4.98 Å². The molecule has 7 aromatic carbocycles. The van der Waals surface area contributed by atoms with Crippen LogP contribution in [-0.2, 0) is 37.3 Å². The third-order valence-corrected chi connectivity index (χ3v) is 14.3. The van der Waals surface area contributed by atoms with Gasteiger partial charge in [-0.05, 0) is 95.5 Å². The van der Waals surface area contributed by atoms with E-state index < -0.39 is 12.1 Å². The number of allylic oxidation sites excluding steroid dienone is 2. The summed E-state index contributed by atoms with van der Waals surface area (Å²) in [5.74, 6) is 1.58. The van der Waals surface area contributed by atoms with Crippen LogP contribution in [0.25, 0.3) is 61.0 Å². The number of fused-ring (bicyclic) bond motifs is 10. The van der Waals surface area contributed by atoms with Gasteiger partial charge in [-0.3, -0.25) is 0 Å². The molecule has 0 bridgehead atoms. The van der Waals surface area contributed by atoms with Gasteiger partial charge in [0.25, 0.3) is 0 Å². The van der Waals surface area contributed by atoms with Gasteiger partial charge in [0.2, 0.25) is 6.34 Å². The summed E-state index contributed by atoms with van der Waals surface area (Å²) < 4.78 is 56.3. The van der Waals surface area contributed by atoms with E-state index in [-0.39, 0.29) is 73.0 Å². The third kappa shape index (κ3) is 7.98. The average molecular weight is 1120 g/mol. The van der Waals surface area contributed by atoms with E-state index in [1.54, 1.807) is 0 Å². The SMILES string of the molecule is [2H]c1c([2H])c([2H])c(-c2cccc3c2[N+]2=[C-]N(c4[c-]c(Oc5[c-]c6c(cc5)c5ccccc5n6-c5cc(C(C)(C)C)ccn5)ccc4)C4=CC=CC(c5ccccc5-c5c-3cc(C(C)(C)C)cc5C(C)(C)C)C42)c([2H])c1[2H].[Pt]. The zero-order valence-corrected chi connectivity index (χ0v) is 44.3. The van der Waals surface area contributed by atoms with Crippen molar-refractivity contribution in [3.8, 4) is 50.7 Å². The quantitative estimate of drug-likeness (QED) is 0.127. The Morgan fingerprint density at radius 1 is 0.653 bits per heavy atom. The van der Waals surface area contributed by atoms with Crippen molar-refractivity contribution >= 4 is 39.5 Å². The van der Waals surface area contributed by atoms with Crippen LogP contribution < -0.4 is 9.64 Å². The summed E-state index contributed by atoms with van der Waals surface area (Å²) in [5.41, 5.74) is 13.0. The summed E-state index contributed by atoms with van der Waals surface area (Å²) >= 11 is 0. The minimum Gasteiger partial charge on any atom is -0.510 e. The second kappa shape index (κ2) is 17.6. The van der Waals surface area contributed by atoms with Gasteiger partial charge in [0, 0.05) is 50.2 Å². The molecule has 5 nitrogen and oxygen atoms in total. The monoisotopic (exact) mass is 1120 g/mol. The molecule has 1 aliphatic carbocycles. The fraction of sp³-hybridized carbons (Fsp3) is 0.212. The molecule has 0 radical (unpaired) electrons. The molecule has 0 saturated carbocycles. The average Bonchev–Trinajstić information content (AvgIpc) is 3.97. The topological polar surface area (TPSA) is 33.3 Å². The van der Waals surface area contributed by atoms with Crippen LogP contribution in [0.2, 0.25) is 0 Å². The Labute approximate surface area is 446 Å². The van der Waals surface area contributed by atoms with Crippen LogP contribution in [0.1, 0.15) is 97.3 Å². The normalized spacial score (nSPS) is 17.1. The van der Waals surface area contributed by atoms with Gasteiger partial charge in [0.1, 0.15) is 11.9 Å². The first-order valence-corrected chi connectivity index (χ1v) is 24.5. The third-order valence-electron chi connectivity index (χ3n) is 14.3. The number of hydrogen-bond donors (Lipinski definition) is 0. The Morgan fingerprint density at radius 3 is 2.17 bits per heavy atom. The summed E-state index contributed by atoms with van der Waals surface area (Å²) in [6.07, 6.45) is 12.2.